The second-order valence-corrected chi connectivity index (χ2v) is 7.58. The van der Waals surface area contributed by atoms with Gasteiger partial charge in [0.05, 0.1) is 18.6 Å². The zero-order valence-electron chi connectivity index (χ0n) is 15.3. The summed E-state index contributed by atoms with van der Waals surface area (Å²) in [5, 5.41) is 0. The zero-order chi connectivity index (χ0) is 19.2. The molecule has 0 saturated heterocycles. The molecular formula is C19H24N2O4S. The van der Waals surface area contributed by atoms with E-state index in [2.05, 4.69) is 0 Å². The topological polar surface area (TPSA) is 66.9 Å². The molecule has 2 rings (SSSR count). The molecule has 0 N–H and O–H groups in total. The molecule has 1 amide bonds. The number of rotatable bonds is 8. The monoisotopic (exact) mass is 376 g/mol. The summed E-state index contributed by atoms with van der Waals surface area (Å²) >= 11 is 0. The fraction of sp³-hybridized carbons (Fsp3) is 0.316. The summed E-state index contributed by atoms with van der Waals surface area (Å²) in [7, 11) is -3.62. The Labute approximate surface area is 155 Å². The maximum Gasteiger partial charge on any atom is 0.247 e. The third kappa shape index (κ3) is 4.98. The minimum Gasteiger partial charge on any atom is -0.494 e. The number of nitrogens with zero attached hydrogens (tertiary/aromatic N) is 2. The van der Waals surface area contributed by atoms with Crippen LogP contribution in [0.1, 0.15) is 13.8 Å². The Morgan fingerprint density at radius 3 is 2.08 bits per heavy atom. The Bertz CT molecular complexity index is 820. The Hall–Kier alpha value is -2.54. The molecule has 0 saturated carbocycles. The largest absolute Gasteiger partial charge is 0.494 e. The van der Waals surface area contributed by atoms with Crippen LogP contribution in [0.3, 0.4) is 0 Å². The van der Waals surface area contributed by atoms with Crippen molar-refractivity contribution in [1.82, 2.24) is 0 Å². The SMILES string of the molecule is CCOc1ccc(N(CC(=O)N(CC)c2ccccc2)S(C)(=O)=O)cc1. The minimum absolute atomic E-state index is 0.268. The van der Waals surface area contributed by atoms with Gasteiger partial charge >= 0.3 is 0 Å². The normalized spacial score (nSPS) is 11.0. The fourth-order valence-corrected chi connectivity index (χ4v) is 3.44. The summed E-state index contributed by atoms with van der Waals surface area (Å²) < 4.78 is 31.0. The Balaban J connectivity index is 2.26. The van der Waals surface area contributed by atoms with E-state index in [0.717, 1.165) is 16.2 Å². The van der Waals surface area contributed by atoms with Gasteiger partial charge in [-0.2, -0.15) is 0 Å². The smallest absolute Gasteiger partial charge is 0.247 e. The highest BCUT2D eigenvalue weighted by atomic mass is 32.2. The number of sulfonamides is 1. The number of carbonyl (C=O) groups excluding carboxylic acids is 1. The second kappa shape index (κ2) is 8.71. The highest BCUT2D eigenvalue weighted by Crippen LogP contribution is 2.22. The number of para-hydroxylation sites is 1. The lowest BCUT2D eigenvalue weighted by molar-refractivity contribution is -0.117. The van der Waals surface area contributed by atoms with Crippen molar-refractivity contribution in [3.8, 4) is 5.75 Å². The molecule has 2 aromatic carbocycles. The maximum atomic E-state index is 12.8. The molecule has 0 unspecified atom stereocenters. The molecular weight excluding hydrogens is 352 g/mol. The average molecular weight is 376 g/mol. The van der Waals surface area contributed by atoms with Crippen LogP contribution in [0.15, 0.2) is 54.6 Å². The van der Waals surface area contributed by atoms with Gasteiger partial charge in [0.2, 0.25) is 15.9 Å². The second-order valence-electron chi connectivity index (χ2n) is 5.67. The Morgan fingerprint density at radius 2 is 1.58 bits per heavy atom. The number of likely N-dealkylation sites (N-methyl/N-ethyl adjacent to an activating group) is 1. The van der Waals surface area contributed by atoms with Crippen LogP contribution in [0, 0.1) is 0 Å². The maximum absolute atomic E-state index is 12.8. The third-order valence-electron chi connectivity index (χ3n) is 3.80. The molecule has 0 bridgehead atoms. The van der Waals surface area contributed by atoms with E-state index in [1.807, 2.05) is 44.2 Å². The number of carbonyl (C=O) groups is 1. The number of amides is 1. The molecule has 0 aliphatic carbocycles. The van der Waals surface area contributed by atoms with Crippen molar-refractivity contribution in [3.63, 3.8) is 0 Å². The molecule has 0 atom stereocenters. The first-order chi connectivity index (χ1) is 12.4. The van der Waals surface area contributed by atoms with Crippen molar-refractivity contribution in [2.75, 3.05) is 35.2 Å². The van der Waals surface area contributed by atoms with E-state index in [1.54, 1.807) is 29.2 Å². The van der Waals surface area contributed by atoms with Crippen molar-refractivity contribution in [3.05, 3.63) is 54.6 Å². The van der Waals surface area contributed by atoms with Crippen molar-refractivity contribution in [1.29, 1.82) is 0 Å². The lowest BCUT2D eigenvalue weighted by Gasteiger charge is -2.27. The summed E-state index contributed by atoms with van der Waals surface area (Å²) in [6, 6.07) is 15.8. The van der Waals surface area contributed by atoms with E-state index in [0.29, 0.717) is 24.6 Å². The van der Waals surface area contributed by atoms with Crippen LogP contribution >= 0.6 is 0 Å². The standard InChI is InChI=1S/C19H24N2O4S/c1-4-20(16-9-7-6-8-10-16)19(22)15-21(26(3,23)24)17-11-13-18(14-12-17)25-5-2/h6-14H,4-5,15H2,1-3H3. The molecule has 7 heteroatoms. The van der Waals surface area contributed by atoms with Gasteiger partial charge in [0.25, 0.3) is 0 Å². The molecule has 0 aromatic heterocycles. The molecule has 0 spiro atoms. The van der Waals surface area contributed by atoms with Crippen LogP contribution < -0.4 is 13.9 Å². The van der Waals surface area contributed by atoms with Gasteiger partial charge in [0.15, 0.2) is 0 Å². The zero-order valence-corrected chi connectivity index (χ0v) is 16.1. The summed E-state index contributed by atoms with van der Waals surface area (Å²) in [6.07, 6.45) is 1.09. The molecule has 0 fully saturated rings. The number of anilines is 2. The lowest BCUT2D eigenvalue weighted by Crippen LogP contribution is -2.42. The van der Waals surface area contributed by atoms with Gasteiger partial charge in [-0.15, -0.1) is 0 Å². The summed E-state index contributed by atoms with van der Waals surface area (Å²) in [5.74, 6) is 0.355. The van der Waals surface area contributed by atoms with E-state index in [9.17, 15) is 13.2 Å². The van der Waals surface area contributed by atoms with E-state index in [-0.39, 0.29) is 12.5 Å². The van der Waals surface area contributed by atoms with Crippen LogP contribution in [0.2, 0.25) is 0 Å². The highest BCUT2D eigenvalue weighted by Gasteiger charge is 2.24. The first-order valence-corrected chi connectivity index (χ1v) is 10.3. The molecule has 0 radical (unpaired) electrons. The molecule has 26 heavy (non-hydrogen) atoms. The van der Waals surface area contributed by atoms with Gasteiger partial charge in [0, 0.05) is 12.2 Å². The van der Waals surface area contributed by atoms with Crippen LogP contribution in [-0.4, -0.2) is 40.3 Å². The van der Waals surface area contributed by atoms with Gasteiger partial charge in [0.1, 0.15) is 12.3 Å². The molecule has 0 heterocycles. The quantitative estimate of drug-likeness (QED) is 0.710. The van der Waals surface area contributed by atoms with Gasteiger partial charge in [-0.25, -0.2) is 8.42 Å². The number of ether oxygens (including phenoxy) is 1. The predicted octanol–water partition coefficient (Wildman–Crippen LogP) is 2.90. The Kier molecular flexibility index (Phi) is 6.63. The summed E-state index contributed by atoms with van der Waals surface area (Å²) in [6.45, 7) is 4.43. The van der Waals surface area contributed by atoms with E-state index in [1.165, 1.54) is 0 Å². The van der Waals surface area contributed by atoms with E-state index in [4.69, 9.17) is 4.74 Å². The first-order valence-electron chi connectivity index (χ1n) is 8.42. The summed E-state index contributed by atoms with van der Waals surface area (Å²) in [5.41, 5.74) is 1.16. The highest BCUT2D eigenvalue weighted by molar-refractivity contribution is 7.92. The van der Waals surface area contributed by atoms with Crippen LogP contribution in [0.5, 0.6) is 5.75 Å². The first kappa shape index (κ1) is 19.8. The molecule has 140 valence electrons. The third-order valence-corrected chi connectivity index (χ3v) is 4.94. The molecule has 0 aliphatic rings. The van der Waals surface area contributed by atoms with Gasteiger partial charge in [-0.3, -0.25) is 9.10 Å². The number of hydrogen-bond acceptors (Lipinski definition) is 4. The Morgan fingerprint density at radius 1 is 0.962 bits per heavy atom. The van der Waals surface area contributed by atoms with Crippen molar-refractivity contribution >= 4 is 27.3 Å². The van der Waals surface area contributed by atoms with Gasteiger partial charge in [-0.1, -0.05) is 18.2 Å². The molecule has 2 aromatic rings. The lowest BCUT2D eigenvalue weighted by atomic mass is 10.2. The van der Waals surface area contributed by atoms with Crippen molar-refractivity contribution in [2.45, 2.75) is 13.8 Å². The number of benzene rings is 2. The van der Waals surface area contributed by atoms with Gasteiger partial charge < -0.3 is 9.64 Å². The van der Waals surface area contributed by atoms with E-state index >= 15 is 0 Å². The van der Waals surface area contributed by atoms with Crippen LogP contribution in [0.25, 0.3) is 0 Å². The fourth-order valence-electron chi connectivity index (χ4n) is 2.59. The van der Waals surface area contributed by atoms with Crippen LogP contribution in [0.4, 0.5) is 11.4 Å². The van der Waals surface area contributed by atoms with E-state index < -0.39 is 10.0 Å². The predicted molar refractivity (Wildman–Crippen MR) is 104 cm³/mol. The number of hydrogen-bond donors (Lipinski definition) is 0. The van der Waals surface area contributed by atoms with Gasteiger partial charge in [-0.05, 0) is 50.2 Å². The van der Waals surface area contributed by atoms with Crippen molar-refractivity contribution in [2.24, 2.45) is 0 Å². The summed E-state index contributed by atoms with van der Waals surface area (Å²) in [4.78, 5) is 14.3. The van der Waals surface area contributed by atoms with Crippen molar-refractivity contribution < 1.29 is 17.9 Å². The minimum atomic E-state index is -3.62. The molecule has 0 aliphatic heterocycles. The average Bonchev–Trinajstić information content (AvgIpc) is 2.61. The van der Waals surface area contributed by atoms with Crippen LogP contribution in [-0.2, 0) is 14.8 Å². The molecule has 6 nitrogen and oxygen atoms in total.